The molecule has 0 fully saturated rings. The van der Waals surface area contributed by atoms with Crippen molar-refractivity contribution in [2.75, 3.05) is 19.6 Å². The molecule has 20 heavy (non-hydrogen) atoms. The lowest BCUT2D eigenvalue weighted by molar-refractivity contribution is 0.276. The van der Waals surface area contributed by atoms with E-state index in [1.807, 2.05) is 12.1 Å². The number of hydrogen-bond acceptors (Lipinski definition) is 4. The summed E-state index contributed by atoms with van der Waals surface area (Å²) in [6, 6.07) is 3.90. The Morgan fingerprint density at radius 2 is 2.00 bits per heavy atom. The molecule has 0 unspecified atom stereocenters. The molecule has 2 heterocycles. The molecule has 0 saturated heterocycles. The van der Waals surface area contributed by atoms with Crippen molar-refractivity contribution in [3.8, 4) is 11.4 Å². The van der Waals surface area contributed by atoms with Crippen LogP contribution in [-0.4, -0.2) is 44.3 Å². The fourth-order valence-corrected chi connectivity index (χ4v) is 2.46. The van der Waals surface area contributed by atoms with Gasteiger partial charge in [-0.15, -0.1) is 0 Å². The summed E-state index contributed by atoms with van der Waals surface area (Å²) in [4.78, 5) is 6.46. The van der Waals surface area contributed by atoms with Crippen LogP contribution in [0.1, 0.15) is 20.3 Å². The maximum absolute atomic E-state index is 5.34. The minimum Gasteiger partial charge on any atom is -0.302 e. The summed E-state index contributed by atoms with van der Waals surface area (Å²) in [5.74, 6) is 0.880. The number of pyridine rings is 1. The molecule has 0 saturated carbocycles. The van der Waals surface area contributed by atoms with Gasteiger partial charge >= 0.3 is 0 Å². The fraction of sp³-hybridized carbons (Fsp3) is 0.500. The van der Waals surface area contributed by atoms with Crippen molar-refractivity contribution in [3.63, 3.8) is 0 Å². The molecule has 1 N–H and O–H groups in total. The topological polar surface area (TPSA) is 49.7 Å². The minimum absolute atomic E-state index is 0.671. The van der Waals surface area contributed by atoms with Gasteiger partial charge in [0.2, 0.25) is 0 Å². The van der Waals surface area contributed by atoms with Gasteiger partial charge in [0.15, 0.2) is 10.6 Å². The van der Waals surface area contributed by atoms with Gasteiger partial charge in [-0.25, -0.2) is 0 Å². The zero-order valence-electron chi connectivity index (χ0n) is 12.0. The molecule has 108 valence electrons. The molecule has 0 aliphatic carbocycles. The van der Waals surface area contributed by atoms with E-state index in [0.29, 0.717) is 4.77 Å². The van der Waals surface area contributed by atoms with Gasteiger partial charge in [-0.1, -0.05) is 13.8 Å². The van der Waals surface area contributed by atoms with Crippen molar-refractivity contribution in [3.05, 3.63) is 29.3 Å². The molecule has 2 aromatic heterocycles. The van der Waals surface area contributed by atoms with E-state index >= 15 is 0 Å². The van der Waals surface area contributed by atoms with Crippen molar-refractivity contribution in [1.29, 1.82) is 0 Å². The molecule has 0 aliphatic heterocycles. The van der Waals surface area contributed by atoms with Crippen LogP contribution in [0.5, 0.6) is 0 Å². The van der Waals surface area contributed by atoms with Crippen molar-refractivity contribution >= 4 is 12.2 Å². The first kappa shape index (κ1) is 14.9. The lowest BCUT2D eigenvalue weighted by Gasteiger charge is -2.20. The van der Waals surface area contributed by atoms with E-state index < -0.39 is 0 Å². The summed E-state index contributed by atoms with van der Waals surface area (Å²) < 4.78 is 2.73. The Kier molecular flexibility index (Phi) is 5.43. The van der Waals surface area contributed by atoms with Crippen LogP contribution in [-0.2, 0) is 6.54 Å². The van der Waals surface area contributed by atoms with Crippen LogP contribution in [0, 0.1) is 4.77 Å². The number of nitrogens with zero attached hydrogens (tertiary/aromatic N) is 4. The van der Waals surface area contributed by atoms with Gasteiger partial charge in [-0.3, -0.25) is 14.6 Å². The number of H-pyrrole nitrogens is 1. The van der Waals surface area contributed by atoms with Gasteiger partial charge in [-0.05, 0) is 43.9 Å². The van der Waals surface area contributed by atoms with Crippen molar-refractivity contribution in [2.45, 2.75) is 26.8 Å². The van der Waals surface area contributed by atoms with E-state index in [4.69, 9.17) is 12.2 Å². The molecular weight excluding hydrogens is 270 g/mol. The number of likely N-dealkylation sites (N-methyl/N-ethyl adjacent to an activating group) is 1. The number of rotatable bonds is 7. The van der Waals surface area contributed by atoms with Gasteiger partial charge in [0.1, 0.15) is 0 Å². The Morgan fingerprint density at radius 3 is 2.65 bits per heavy atom. The van der Waals surface area contributed by atoms with Crippen LogP contribution in [0.3, 0.4) is 0 Å². The predicted octanol–water partition coefficient (Wildman–Crippen LogP) is 2.73. The summed E-state index contributed by atoms with van der Waals surface area (Å²) in [5.41, 5.74) is 1.03. The fourth-order valence-electron chi connectivity index (χ4n) is 2.23. The molecular formula is C14H21N5S. The second kappa shape index (κ2) is 7.31. The standard InChI is InChI=1S/C14H21N5S/c1-3-9-18(4-2)10-11-19-13(16-17-14(19)20)12-5-7-15-8-6-12/h5-8H,3-4,9-11H2,1-2H3,(H,17,20). The maximum Gasteiger partial charge on any atom is 0.195 e. The molecule has 0 aromatic carbocycles. The molecule has 6 heteroatoms. The zero-order chi connectivity index (χ0) is 14.4. The Hall–Kier alpha value is -1.53. The number of aromatic nitrogens is 4. The van der Waals surface area contributed by atoms with Gasteiger partial charge < -0.3 is 4.90 Å². The largest absolute Gasteiger partial charge is 0.302 e. The molecule has 0 amide bonds. The van der Waals surface area contributed by atoms with Gasteiger partial charge in [0.25, 0.3) is 0 Å². The first-order valence-electron chi connectivity index (χ1n) is 7.04. The molecule has 0 bridgehead atoms. The lowest BCUT2D eigenvalue weighted by atomic mass is 10.2. The average Bonchev–Trinajstić information content (AvgIpc) is 2.85. The zero-order valence-corrected chi connectivity index (χ0v) is 12.9. The quantitative estimate of drug-likeness (QED) is 0.797. The minimum atomic E-state index is 0.671. The molecule has 0 aliphatic rings. The van der Waals surface area contributed by atoms with E-state index in [9.17, 15) is 0 Å². The SMILES string of the molecule is CCCN(CC)CCn1c(-c2ccncc2)n[nH]c1=S. The van der Waals surface area contributed by atoms with Crippen LogP contribution in [0.4, 0.5) is 0 Å². The van der Waals surface area contributed by atoms with E-state index in [-0.39, 0.29) is 0 Å². The second-order valence-corrected chi connectivity index (χ2v) is 5.06. The van der Waals surface area contributed by atoms with Crippen LogP contribution < -0.4 is 0 Å². The number of hydrogen-bond donors (Lipinski definition) is 1. The predicted molar refractivity (Wildman–Crippen MR) is 83.0 cm³/mol. The van der Waals surface area contributed by atoms with Crippen LogP contribution >= 0.6 is 12.2 Å². The summed E-state index contributed by atoms with van der Waals surface area (Å²) in [6.45, 7) is 8.40. The molecule has 0 atom stereocenters. The first-order chi connectivity index (χ1) is 9.76. The summed E-state index contributed by atoms with van der Waals surface area (Å²) in [7, 11) is 0. The first-order valence-corrected chi connectivity index (χ1v) is 7.45. The highest BCUT2D eigenvalue weighted by Gasteiger charge is 2.09. The van der Waals surface area contributed by atoms with Crippen LogP contribution in [0.25, 0.3) is 11.4 Å². The Balaban J connectivity index is 2.16. The highest BCUT2D eigenvalue weighted by atomic mass is 32.1. The summed E-state index contributed by atoms with van der Waals surface area (Å²) in [5, 5.41) is 7.22. The third-order valence-electron chi connectivity index (χ3n) is 3.32. The molecule has 2 aromatic rings. The highest BCUT2D eigenvalue weighted by Crippen LogP contribution is 2.15. The Labute approximate surface area is 124 Å². The summed E-state index contributed by atoms with van der Waals surface area (Å²) >= 11 is 5.34. The van der Waals surface area contributed by atoms with Crippen LogP contribution in [0.15, 0.2) is 24.5 Å². The van der Waals surface area contributed by atoms with Crippen molar-refractivity contribution < 1.29 is 0 Å². The van der Waals surface area contributed by atoms with Crippen molar-refractivity contribution in [2.24, 2.45) is 0 Å². The second-order valence-electron chi connectivity index (χ2n) is 4.67. The third kappa shape index (κ3) is 3.52. The van der Waals surface area contributed by atoms with E-state index in [0.717, 1.165) is 37.6 Å². The van der Waals surface area contributed by atoms with Crippen LogP contribution in [0.2, 0.25) is 0 Å². The van der Waals surface area contributed by atoms with E-state index in [1.165, 1.54) is 6.42 Å². The molecule has 0 radical (unpaired) electrons. The van der Waals surface area contributed by atoms with Gasteiger partial charge in [0, 0.05) is 31.0 Å². The molecule has 0 spiro atoms. The molecule has 5 nitrogen and oxygen atoms in total. The van der Waals surface area contributed by atoms with Crippen molar-refractivity contribution in [1.82, 2.24) is 24.6 Å². The average molecular weight is 291 g/mol. The monoisotopic (exact) mass is 291 g/mol. The summed E-state index contributed by atoms with van der Waals surface area (Å²) in [6.07, 6.45) is 4.71. The Bertz CT molecular complexity index is 575. The Morgan fingerprint density at radius 1 is 1.25 bits per heavy atom. The normalized spacial score (nSPS) is 11.2. The maximum atomic E-state index is 5.34. The number of aromatic amines is 1. The molecule has 2 rings (SSSR count). The van der Waals surface area contributed by atoms with E-state index in [2.05, 4.69) is 38.5 Å². The van der Waals surface area contributed by atoms with Gasteiger partial charge in [-0.2, -0.15) is 5.10 Å². The number of nitrogens with one attached hydrogen (secondary N) is 1. The lowest BCUT2D eigenvalue weighted by Crippen LogP contribution is -2.28. The van der Waals surface area contributed by atoms with E-state index in [1.54, 1.807) is 12.4 Å². The smallest absolute Gasteiger partial charge is 0.195 e. The highest BCUT2D eigenvalue weighted by molar-refractivity contribution is 7.71. The van der Waals surface area contributed by atoms with Gasteiger partial charge in [0.05, 0.1) is 0 Å². The third-order valence-corrected chi connectivity index (χ3v) is 3.64.